The second-order valence-corrected chi connectivity index (χ2v) is 6.12. The van der Waals surface area contributed by atoms with Crippen LogP contribution in [0.1, 0.15) is 38.2 Å². The molecule has 1 aromatic carbocycles. The number of likely N-dealkylation sites (tertiary alicyclic amines) is 1. The van der Waals surface area contributed by atoms with Gasteiger partial charge in [-0.2, -0.15) is 0 Å². The zero-order valence-electron chi connectivity index (χ0n) is 13.0. The molecule has 0 radical (unpaired) electrons. The van der Waals surface area contributed by atoms with Crippen molar-refractivity contribution in [1.29, 1.82) is 0 Å². The molecule has 0 aliphatic carbocycles. The van der Waals surface area contributed by atoms with E-state index in [9.17, 15) is 0 Å². The van der Waals surface area contributed by atoms with E-state index in [1.807, 2.05) is 18.2 Å². The van der Waals surface area contributed by atoms with Gasteiger partial charge in [0.15, 0.2) is 0 Å². The predicted octanol–water partition coefficient (Wildman–Crippen LogP) is 3.70. The predicted molar refractivity (Wildman–Crippen MR) is 89.2 cm³/mol. The third-order valence-corrected chi connectivity index (χ3v) is 4.11. The summed E-state index contributed by atoms with van der Waals surface area (Å²) < 4.78 is 5.99. The zero-order chi connectivity index (χ0) is 14.9. The lowest BCUT2D eigenvalue weighted by molar-refractivity contribution is 0.182. The quantitative estimate of drug-likeness (QED) is 0.741. The van der Waals surface area contributed by atoms with Crippen molar-refractivity contribution in [3.63, 3.8) is 0 Å². The average Bonchev–Trinajstić information content (AvgIpc) is 2.51. The summed E-state index contributed by atoms with van der Waals surface area (Å²) in [4.78, 5) is 2.49. The molecule has 1 saturated heterocycles. The van der Waals surface area contributed by atoms with Gasteiger partial charge in [-0.3, -0.25) is 4.90 Å². The van der Waals surface area contributed by atoms with Crippen molar-refractivity contribution in [1.82, 2.24) is 10.2 Å². The second-order valence-electron chi connectivity index (χ2n) is 5.68. The highest BCUT2D eigenvalue weighted by Crippen LogP contribution is 2.23. The summed E-state index contributed by atoms with van der Waals surface area (Å²) in [7, 11) is 0. The Morgan fingerprint density at radius 1 is 1.24 bits per heavy atom. The molecule has 0 unspecified atom stereocenters. The van der Waals surface area contributed by atoms with Gasteiger partial charge in [0.25, 0.3) is 0 Å². The number of hydrogen-bond acceptors (Lipinski definition) is 3. The van der Waals surface area contributed by atoms with E-state index in [1.54, 1.807) is 0 Å². The fourth-order valence-corrected chi connectivity index (χ4v) is 2.89. The minimum atomic E-state index is 0.752. The van der Waals surface area contributed by atoms with E-state index in [4.69, 9.17) is 16.3 Å². The summed E-state index contributed by atoms with van der Waals surface area (Å²) >= 11 is 6.09. The molecule has 1 N–H and O–H groups in total. The lowest BCUT2D eigenvalue weighted by atomic mass is 10.1. The molecule has 0 bridgehead atoms. The second kappa shape index (κ2) is 9.29. The van der Waals surface area contributed by atoms with Crippen LogP contribution in [0, 0.1) is 0 Å². The number of benzene rings is 1. The Kier molecular flexibility index (Phi) is 7.34. The minimum Gasteiger partial charge on any atom is -0.492 e. The Balaban J connectivity index is 1.82. The third kappa shape index (κ3) is 5.85. The molecule has 21 heavy (non-hydrogen) atoms. The van der Waals surface area contributed by atoms with Crippen LogP contribution in [0.2, 0.25) is 5.02 Å². The van der Waals surface area contributed by atoms with E-state index in [0.717, 1.165) is 49.0 Å². The van der Waals surface area contributed by atoms with Gasteiger partial charge in [-0.15, -0.1) is 0 Å². The Labute approximate surface area is 133 Å². The molecule has 1 aromatic rings. The van der Waals surface area contributed by atoms with Crippen molar-refractivity contribution in [3.05, 3.63) is 28.8 Å². The van der Waals surface area contributed by atoms with Crippen molar-refractivity contribution >= 4 is 11.6 Å². The van der Waals surface area contributed by atoms with Gasteiger partial charge < -0.3 is 10.1 Å². The van der Waals surface area contributed by atoms with Crippen molar-refractivity contribution in [2.75, 3.05) is 32.8 Å². The molecule has 1 aliphatic heterocycles. The van der Waals surface area contributed by atoms with Crippen LogP contribution in [-0.4, -0.2) is 37.7 Å². The van der Waals surface area contributed by atoms with E-state index in [0.29, 0.717) is 0 Å². The maximum absolute atomic E-state index is 6.09. The molecule has 0 spiro atoms. The lowest BCUT2D eigenvalue weighted by Crippen LogP contribution is -2.33. The molecule has 4 heteroatoms. The van der Waals surface area contributed by atoms with Crippen LogP contribution in [0.5, 0.6) is 5.75 Å². The summed E-state index contributed by atoms with van der Waals surface area (Å²) in [5.74, 6) is 0.958. The molecule has 118 valence electrons. The maximum atomic E-state index is 6.09. The fraction of sp³-hybridized carbons (Fsp3) is 0.647. The number of nitrogens with zero attached hydrogens (tertiary/aromatic N) is 1. The first-order valence-electron chi connectivity index (χ1n) is 8.14. The maximum Gasteiger partial charge on any atom is 0.123 e. The number of rotatable bonds is 8. The molecule has 2 rings (SSSR count). The third-order valence-electron chi connectivity index (χ3n) is 3.88. The van der Waals surface area contributed by atoms with E-state index in [1.165, 1.54) is 32.4 Å². The van der Waals surface area contributed by atoms with E-state index < -0.39 is 0 Å². The average molecular weight is 311 g/mol. The van der Waals surface area contributed by atoms with Crippen LogP contribution >= 0.6 is 11.6 Å². The van der Waals surface area contributed by atoms with Crippen LogP contribution in [0.25, 0.3) is 0 Å². The molecule has 1 fully saturated rings. The number of ether oxygens (including phenoxy) is 1. The normalized spacial score (nSPS) is 16.1. The molecule has 1 heterocycles. The Morgan fingerprint density at radius 3 is 2.81 bits per heavy atom. The van der Waals surface area contributed by atoms with Gasteiger partial charge in [-0.05, 0) is 57.1 Å². The number of halogens is 1. The van der Waals surface area contributed by atoms with Crippen molar-refractivity contribution in [3.8, 4) is 5.75 Å². The van der Waals surface area contributed by atoms with Crippen LogP contribution in [0.3, 0.4) is 0 Å². The molecule has 1 aliphatic rings. The Morgan fingerprint density at radius 2 is 2.05 bits per heavy atom. The summed E-state index contributed by atoms with van der Waals surface area (Å²) in [6.45, 7) is 8.20. The van der Waals surface area contributed by atoms with Crippen LogP contribution in [0.15, 0.2) is 18.2 Å². The van der Waals surface area contributed by atoms with E-state index in [-0.39, 0.29) is 0 Å². The first-order chi connectivity index (χ1) is 10.3. The summed E-state index contributed by atoms with van der Waals surface area (Å²) in [5.41, 5.74) is 1.15. The van der Waals surface area contributed by atoms with E-state index >= 15 is 0 Å². The van der Waals surface area contributed by atoms with Gasteiger partial charge in [0.05, 0.1) is 0 Å². The summed E-state index contributed by atoms with van der Waals surface area (Å²) in [6.07, 6.45) is 5.16. The van der Waals surface area contributed by atoms with Crippen molar-refractivity contribution in [2.24, 2.45) is 0 Å². The first-order valence-corrected chi connectivity index (χ1v) is 8.51. The van der Waals surface area contributed by atoms with Crippen LogP contribution < -0.4 is 10.1 Å². The summed E-state index contributed by atoms with van der Waals surface area (Å²) in [6, 6.07) is 5.89. The lowest BCUT2D eigenvalue weighted by Gasteiger charge is -2.26. The fourth-order valence-electron chi connectivity index (χ4n) is 2.69. The van der Waals surface area contributed by atoms with Gasteiger partial charge in [0.2, 0.25) is 0 Å². The van der Waals surface area contributed by atoms with Gasteiger partial charge in [-0.1, -0.05) is 24.9 Å². The van der Waals surface area contributed by atoms with Gasteiger partial charge in [0.1, 0.15) is 12.4 Å². The Hall–Kier alpha value is -0.770. The number of piperidine rings is 1. The standard InChI is InChI=1S/C17H27ClN2O/c1-2-8-19-14-15-13-16(18)6-7-17(15)21-12-11-20-9-4-3-5-10-20/h6-7,13,19H,2-5,8-12,14H2,1H3. The number of hydrogen-bond donors (Lipinski definition) is 1. The highest BCUT2D eigenvalue weighted by molar-refractivity contribution is 6.30. The largest absolute Gasteiger partial charge is 0.492 e. The molecule has 0 amide bonds. The molecule has 0 aromatic heterocycles. The molecule has 0 atom stereocenters. The smallest absolute Gasteiger partial charge is 0.123 e. The van der Waals surface area contributed by atoms with Crippen LogP contribution in [0.4, 0.5) is 0 Å². The molecular weight excluding hydrogens is 284 g/mol. The number of nitrogens with one attached hydrogen (secondary N) is 1. The summed E-state index contributed by atoms with van der Waals surface area (Å²) in [5, 5.41) is 4.18. The molecule has 0 saturated carbocycles. The topological polar surface area (TPSA) is 24.5 Å². The van der Waals surface area contributed by atoms with Gasteiger partial charge in [0, 0.05) is 23.7 Å². The van der Waals surface area contributed by atoms with Crippen molar-refractivity contribution in [2.45, 2.75) is 39.2 Å². The Bertz CT molecular complexity index is 419. The van der Waals surface area contributed by atoms with Crippen molar-refractivity contribution < 1.29 is 4.74 Å². The van der Waals surface area contributed by atoms with Gasteiger partial charge in [-0.25, -0.2) is 0 Å². The van der Waals surface area contributed by atoms with Gasteiger partial charge >= 0.3 is 0 Å². The zero-order valence-corrected chi connectivity index (χ0v) is 13.8. The highest BCUT2D eigenvalue weighted by atomic mass is 35.5. The SMILES string of the molecule is CCCNCc1cc(Cl)ccc1OCCN1CCCCC1. The molecular formula is C17H27ClN2O. The highest BCUT2D eigenvalue weighted by Gasteiger charge is 2.10. The minimum absolute atomic E-state index is 0.752. The van der Waals surface area contributed by atoms with Crippen LogP contribution in [-0.2, 0) is 6.54 Å². The monoisotopic (exact) mass is 310 g/mol. The first kappa shape index (κ1) is 16.6. The molecule has 3 nitrogen and oxygen atoms in total. The van der Waals surface area contributed by atoms with E-state index in [2.05, 4.69) is 17.1 Å².